The van der Waals surface area contributed by atoms with Gasteiger partial charge in [-0.1, -0.05) is 23.7 Å². The van der Waals surface area contributed by atoms with Crippen LogP contribution in [0.2, 0.25) is 5.02 Å². The highest BCUT2D eigenvalue weighted by molar-refractivity contribution is 6.30. The van der Waals surface area contributed by atoms with E-state index >= 15 is 0 Å². The molecule has 0 radical (unpaired) electrons. The van der Waals surface area contributed by atoms with Gasteiger partial charge in [-0.3, -0.25) is 9.59 Å². The predicted molar refractivity (Wildman–Crippen MR) is 83.2 cm³/mol. The maximum atomic E-state index is 12.3. The molecule has 21 heavy (non-hydrogen) atoms. The summed E-state index contributed by atoms with van der Waals surface area (Å²) < 4.78 is 0. The Morgan fingerprint density at radius 2 is 2.24 bits per heavy atom. The summed E-state index contributed by atoms with van der Waals surface area (Å²) in [6, 6.07) is 7.32. The van der Waals surface area contributed by atoms with Crippen molar-refractivity contribution in [1.82, 2.24) is 10.2 Å². The highest BCUT2D eigenvalue weighted by atomic mass is 35.5. The molecule has 2 atom stereocenters. The molecule has 1 saturated heterocycles. The van der Waals surface area contributed by atoms with Crippen molar-refractivity contribution >= 4 is 23.4 Å². The number of amides is 2. The van der Waals surface area contributed by atoms with Gasteiger partial charge in [-0.2, -0.15) is 0 Å². The second kappa shape index (κ2) is 6.94. The van der Waals surface area contributed by atoms with Gasteiger partial charge >= 0.3 is 0 Å². The Hall–Kier alpha value is -1.55. The normalized spacial score (nSPS) is 19.4. The number of likely N-dealkylation sites (tertiary alicyclic amines) is 1. The summed E-state index contributed by atoms with van der Waals surface area (Å²) in [4.78, 5) is 25.5. The van der Waals surface area contributed by atoms with Crippen LogP contribution >= 0.6 is 11.6 Å². The van der Waals surface area contributed by atoms with Gasteiger partial charge in [0.2, 0.25) is 11.8 Å². The first-order chi connectivity index (χ1) is 9.97. The van der Waals surface area contributed by atoms with E-state index in [1.807, 2.05) is 31.2 Å². The fraction of sp³-hybridized carbons (Fsp3) is 0.500. The number of hydrogen-bond acceptors (Lipinski definition) is 2. The summed E-state index contributed by atoms with van der Waals surface area (Å²) >= 11 is 5.96. The van der Waals surface area contributed by atoms with Crippen LogP contribution in [0.3, 0.4) is 0 Å². The molecule has 2 amide bonds. The molecule has 0 aliphatic carbocycles. The lowest BCUT2D eigenvalue weighted by atomic mass is 10.1. The minimum Gasteiger partial charge on any atom is -0.352 e. The minimum atomic E-state index is -0.315. The smallest absolute Gasteiger partial charge is 0.243 e. The molecule has 0 spiro atoms. The maximum Gasteiger partial charge on any atom is 0.243 e. The lowest BCUT2D eigenvalue weighted by Gasteiger charge is -2.24. The number of halogens is 1. The molecule has 1 fully saturated rings. The molecule has 0 aromatic heterocycles. The molecule has 1 N–H and O–H groups in total. The average molecular weight is 309 g/mol. The highest BCUT2D eigenvalue weighted by Crippen LogP contribution is 2.18. The SMILES string of the molecule is CC(=O)N1CCC[C@H]1C(=O)NC(C)Cc1cccc(Cl)c1. The molecule has 1 aromatic carbocycles. The first-order valence-corrected chi connectivity index (χ1v) is 7.67. The van der Waals surface area contributed by atoms with Crippen molar-refractivity contribution in [2.45, 2.75) is 45.2 Å². The van der Waals surface area contributed by atoms with Crippen molar-refractivity contribution in [2.24, 2.45) is 0 Å². The molecule has 2 rings (SSSR count). The van der Waals surface area contributed by atoms with Gasteiger partial charge in [-0.25, -0.2) is 0 Å². The average Bonchev–Trinajstić information content (AvgIpc) is 2.87. The molecular weight excluding hydrogens is 288 g/mol. The molecule has 114 valence electrons. The molecule has 1 unspecified atom stereocenters. The second-order valence-corrected chi connectivity index (χ2v) is 6.05. The van der Waals surface area contributed by atoms with E-state index in [1.54, 1.807) is 4.90 Å². The Bertz CT molecular complexity index is 533. The van der Waals surface area contributed by atoms with Crippen LogP contribution in [0.5, 0.6) is 0 Å². The van der Waals surface area contributed by atoms with Crippen molar-refractivity contribution in [3.63, 3.8) is 0 Å². The van der Waals surface area contributed by atoms with Gasteiger partial charge in [-0.05, 0) is 43.9 Å². The van der Waals surface area contributed by atoms with Gasteiger partial charge in [0.05, 0.1) is 0 Å². The van der Waals surface area contributed by atoms with E-state index in [-0.39, 0.29) is 23.9 Å². The van der Waals surface area contributed by atoms with Crippen LogP contribution in [-0.2, 0) is 16.0 Å². The van der Waals surface area contributed by atoms with Crippen LogP contribution in [-0.4, -0.2) is 35.3 Å². The fourth-order valence-electron chi connectivity index (χ4n) is 2.82. The quantitative estimate of drug-likeness (QED) is 0.928. The van der Waals surface area contributed by atoms with Gasteiger partial charge in [0.15, 0.2) is 0 Å². The minimum absolute atomic E-state index is 0.00498. The zero-order chi connectivity index (χ0) is 15.4. The Labute approximate surface area is 130 Å². The summed E-state index contributed by atoms with van der Waals surface area (Å²) in [5.41, 5.74) is 1.09. The van der Waals surface area contributed by atoms with Crippen LogP contribution < -0.4 is 5.32 Å². The van der Waals surface area contributed by atoms with Crippen molar-refractivity contribution in [1.29, 1.82) is 0 Å². The first-order valence-electron chi connectivity index (χ1n) is 7.29. The number of carbonyl (C=O) groups is 2. The Morgan fingerprint density at radius 3 is 2.90 bits per heavy atom. The van der Waals surface area contributed by atoms with Gasteiger partial charge < -0.3 is 10.2 Å². The number of carbonyl (C=O) groups excluding carboxylic acids is 2. The molecule has 1 aromatic rings. The van der Waals surface area contributed by atoms with Crippen LogP contribution in [0.15, 0.2) is 24.3 Å². The molecule has 1 heterocycles. The molecule has 0 saturated carbocycles. The Kier molecular flexibility index (Phi) is 5.23. The third-order valence-electron chi connectivity index (χ3n) is 3.78. The Morgan fingerprint density at radius 1 is 1.48 bits per heavy atom. The summed E-state index contributed by atoms with van der Waals surface area (Å²) in [7, 11) is 0. The van der Waals surface area contributed by atoms with E-state index in [0.717, 1.165) is 24.8 Å². The van der Waals surface area contributed by atoms with E-state index in [0.29, 0.717) is 11.6 Å². The van der Waals surface area contributed by atoms with Crippen molar-refractivity contribution in [3.05, 3.63) is 34.9 Å². The lowest BCUT2D eigenvalue weighted by Crippen LogP contribution is -2.48. The molecule has 5 heteroatoms. The zero-order valence-electron chi connectivity index (χ0n) is 12.4. The topological polar surface area (TPSA) is 49.4 Å². The monoisotopic (exact) mass is 308 g/mol. The van der Waals surface area contributed by atoms with Crippen LogP contribution in [0.4, 0.5) is 0 Å². The summed E-state index contributed by atoms with van der Waals surface area (Å²) in [6.07, 6.45) is 2.36. The van der Waals surface area contributed by atoms with Crippen LogP contribution in [0.1, 0.15) is 32.3 Å². The van der Waals surface area contributed by atoms with E-state index in [9.17, 15) is 9.59 Å². The number of nitrogens with zero attached hydrogens (tertiary/aromatic N) is 1. The second-order valence-electron chi connectivity index (χ2n) is 5.61. The van der Waals surface area contributed by atoms with Gasteiger partial charge in [0, 0.05) is 24.5 Å². The maximum absolute atomic E-state index is 12.3. The van der Waals surface area contributed by atoms with E-state index in [4.69, 9.17) is 11.6 Å². The molecule has 0 bridgehead atoms. The van der Waals surface area contributed by atoms with Crippen LogP contribution in [0, 0.1) is 0 Å². The zero-order valence-corrected chi connectivity index (χ0v) is 13.2. The van der Waals surface area contributed by atoms with Crippen LogP contribution in [0.25, 0.3) is 0 Å². The number of nitrogens with one attached hydrogen (secondary N) is 1. The predicted octanol–water partition coefficient (Wildman–Crippen LogP) is 2.40. The largest absolute Gasteiger partial charge is 0.352 e. The first kappa shape index (κ1) is 15.8. The molecule has 1 aliphatic rings. The van der Waals surface area contributed by atoms with E-state index in [2.05, 4.69) is 5.32 Å². The summed E-state index contributed by atoms with van der Waals surface area (Å²) in [5, 5.41) is 3.70. The number of hydrogen-bond donors (Lipinski definition) is 1. The lowest BCUT2D eigenvalue weighted by molar-refractivity contribution is -0.137. The van der Waals surface area contributed by atoms with Crippen molar-refractivity contribution in [3.8, 4) is 0 Å². The number of benzene rings is 1. The third-order valence-corrected chi connectivity index (χ3v) is 4.01. The standard InChI is InChI=1S/C16H21ClN2O2/c1-11(9-13-5-3-6-14(17)10-13)18-16(21)15-7-4-8-19(15)12(2)20/h3,5-6,10-11,15H,4,7-9H2,1-2H3,(H,18,21)/t11?,15-/m0/s1. The number of rotatable bonds is 4. The van der Waals surface area contributed by atoms with Crippen molar-refractivity contribution in [2.75, 3.05) is 6.54 Å². The van der Waals surface area contributed by atoms with E-state index in [1.165, 1.54) is 6.92 Å². The highest BCUT2D eigenvalue weighted by Gasteiger charge is 2.32. The fourth-order valence-corrected chi connectivity index (χ4v) is 3.04. The van der Waals surface area contributed by atoms with E-state index < -0.39 is 0 Å². The molecule has 4 nitrogen and oxygen atoms in total. The molecular formula is C16H21ClN2O2. The Balaban J connectivity index is 1.91. The molecule has 1 aliphatic heterocycles. The summed E-state index contributed by atoms with van der Waals surface area (Å²) in [6.45, 7) is 4.16. The third kappa shape index (κ3) is 4.21. The van der Waals surface area contributed by atoms with Gasteiger partial charge in [0.25, 0.3) is 0 Å². The van der Waals surface area contributed by atoms with Gasteiger partial charge in [-0.15, -0.1) is 0 Å². The van der Waals surface area contributed by atoms with Crippen molar-refractivity contribution < 1.29 is 9.59 Å². The van der Waals surface area contributed by atoms with Gasteiger partial charge in [0.1, 0.15) is 6.04 Å². The summed E-state index contributed by atoms with van der Waals surface area (Å²) in [5.74, 6) is -0.0904.